The molecule has 0 saturated heterocycles. The van der Waals surface area contributed by atoms with E-state index in [2.05, 4.69) is 30.6 Å². The summed E-state index contributed by atoms with van der Waals surface area (Å²) in [5, 5.41) is 6.38. The predicted octanol–water partition coefficient (Wildman–Crippen LogP) is 3.08. The Morgan fingerprint density at radius 3 is 2.42 bits per heavy atom. The van der Waals surface area contributed by atoms with Crippen LogP contribution >= 0.6 is 0 Å². The van der Waals surface area contributed by atoms with E-state index in [1.54, 1.807) is 12.4 Å². The third-order valence-electron chi connectivity index (χ3n) is 3.13. The zero-order valence-corrected chi connectivity index (χ0v) is 13.6. The number of hydrogen-bond acceptors (Lipinski definition) is 7. The maximum Gasteiger partial charge on any atom is 0.232 e. The Labute approximate surface area is 140 Å². The van der Waals surface area contributed by atoms with E-state index >= 15 is 0 Å². The number of nitrogens with one attached hydrogen (secondary N) is 2. The monoisotopic (exact) mass is 321 g/mol. The van der Waals surface area contributed by atoms with Gasteiger partial charge >= 0.3 is 0 Å². The van der Waals surface area contributed by atoms with Crippen LogP contribution in [0.2, 0.25) is 0 Å². The van der Waals surface area contributed by atoms with Crippen LogP contribution in [-0.2, 0) is 0 Å². The minimum atomic E-state index is 0.204. The van der Waals surface area contributed by atoms with Gasteiger partial charge in [0.25, 0.3) is 0 Å². The van der Waals surface area contributed by atoms with Crippen molar-refractivity contribution < 1.29 is 0 Å². The zero-order valence-electron chi connectivity index (χ0n) is 13.6. The Hall–Kier alpha value is -3.22. The SMILES string of the molecule is CC(C)Nc1nc(Nc2ccncc2)nc(-c2cccc(N)c2)n1. The molecule has 0 amide bonds. The van der Waals surface area contributed by atoms with E-state index in [0.717, 1.165) is 11.3 Å². The van der Waals surface area contributed by atoms with Crippen LogP contribution in [0.3, 0.4) is 0 Å². The Morgan fingerprint density at radius 1 is 0.958 bits per heavy atom. The molecule has 0 aliphatic rings. The summed E-state index contributed by atoms with van der Waals surface area (Å²) in [7, 11) is 0. The third kappa shape index (κ3) is 3.95. The van der Waals surface area contributed by atoms with Crippen molar-refractivity contribution in [1.82, 2.24) is 19.9 Å². The van der Waals surface area contributed by atoms with Crippen LogP contribution in [0.5, 0.6) is 0 Å². The Kier molecular flexibility index (Phi) is 4.51. The minimum Gasteiger partial charge on any atom is -0.399 e. The van der Waals surface area contributed by atoms with Crippen molar-refractivity contribution in [2.75, 3.05) is 16.4 Å². The molecule has 7 nitrogen and oxygen atoms in total. The zero-order chi connectivity index (χ0) is 16.9. The highest BCUT2D eigenvalue weighted by Gasteiger charge is 2.10. The van der Waals surface area contributed by atoms with E-state index in [1.165, 1.54) is 0 Å². The van der Waals surface area contributed by atoms with Gasteiger partial charge in [-0.3, -0.25) is 4.98 Å². The molecular formula is C17H19N7. The quantitative estimate of drug-likeness (QED) is 0.621. The largest absolute Gasteiger partial charge is 0.399 e. The summed E-state index contributed by atoms with van der Waals surface area (Å²) in [6.45, 7) is 4.06. The molecule has 2 aromatic heterocycles. The lowest BCUT2D eigenvalue weighted by Gasteiger charge is -2.12. The minimum absolute atomic E-state index is 0.204. The van der Waals surface area contributed by atoms with Crippen LogP contribution in [0.15, 0.2) is 48.8 Å². The van der Waals surface area contributed by atoms with Crippen molar-refractivity contribution in [3.05, 3.63) is 48.8 Å². The van der Waals surface area contributed by atoms with Gasteiger partial charge in [0.15, 0.2) is 5.82 Å². The van der Waals surface area contributed by atoms with Crippen molar-refractivity contribution in [3.8, 4) is 11.4 Å². The Bertz CT molecular complexity index is 818. The molecule has 122 valence electrons. The van der Waals surface area contributed by atoms with Gasteiger partial charge in [-0.2, -0.15) is 15.0 Å². The fraction of sp³-hybridized carbons (Fsp3) is 0.176. The molecule has 0 atom stereocenters. The van der Waals surface area contributed by atoms with Gasteiger partial charge in [-0.25, -0.2) is 0 Å². The maximum atomic E-state index is 5.87. The summed E-state index contributed by atoms with van der Waals surface area (Å²) in [6.07, 6.45) is 3.41. The first-order chi connectivity index (χ1) is 11.6. The molecule has 7 heteroatoms. The van der Waals surface area contributed by atoms with Gasteiger partial charge in [-0.05, 0) is 38.1 Å². The molecular weight excluding hydrogens is 302 g/mol. The lowest BCUT2D eigenvalue weighted by Crippen LogP contribution is -2.14. The summed E-state index contributed by atoms with van der Waals surface area (Å²) in [6, 6.07) is 11.4. The predicted molar refractivity (Wildman–Crippen MR) is 96.0 cm³/mol. The van der Waals surface area contributed by atoms with Crippen LogP contribution in [0.1, 0.15) is 13.8 Å². The van der Waals surface area contributed by atoms with E-state index in [4.69, 9.17) is 5.73 Å². The van der Waals surface area contributed by atoms with E-state index in [1.807, 2.05) is 50.2 Å². The van der Waals surface area contributed by atoms with Gasteiger partial charge in [0.2, 0.25) is 11.9 Å². The van der Waals surface area contributed by atoms with Gasteiger partial charge < -0.3 is 16.4 Å². The summed E-state index contributed by atoms with van der Waals surface area (Å²) >= 11 is 0. The standard InChI is InChI=1S/C17H19N7/c1-11(2)20-16-22-15(12-4-3-5-13(18)10-12)23-17(24-16)21-14-6-8-19-9-7-14/h3-11H,18H2,1-2H3,(H2,19,20,21,22,23,24). The highest BCUT2D eigenvalue weighted by molar-refractivity contribution is 5.64. The second-order valence-corrected chi connectivity index (χ2v) is 5.59. The van der Waals surface area contributed by atoms with Gasteiger partial charge in [-0.1, -0.05) is 12.1 Å². The van der Waals surface area contributed by atoms with E-state index < -0.39 is 0 Å². The van der Waals surface area contributed by atoms with Crippen molar-refractivity contribution in [2.45, 2.75) is 19.9 Å². The van der Waals surface area contributed by atoms with Crippen molar-refractivity contribution >= 4 is 23.3 Å². The van der Waals surface area contributed by atoms with Gasteiger partial charge in [-0.15, -0.1) is 0 Å². The van der Waals surface area contributed by atoms with Crippen LogP contribution in [0.4, 0.5) is 23.3 Å². The number of benzene rings is 1. The van der Waals surface area contributed by atoms with Gasteiger partial charge in [0.1, 0.15) is 0 Å². The molecule has 3 aromatic rings. The fourth-order valence-electron chi connectivity index (χ4n) is 2.13. The first-order valence-corrected chi connectivity index (χ1v) is 7.66. The van der Waals surface area contributed by atoms with Crippen molar-refractivity contribution in [3.63, 3.8) is 0 Å². The number of aromatic nitrogens is 4. The Morgan fingerprint density at radius 2 is 1.71 bits per heavy atom. The van der Waals surface area contributed by atoms with E-state index in [9.17, 15) is 0 Å². The van der Waals surface area contributed by atoms with E-state index in [-0.39, 0.29) is 6.04 Å². The summed E-state index contributed by atoms with van der Waals surface area (Å²) in [5.41, 5.74) is 8.22. The number of pyridine rings is 1. The number of nitrogens with two attached hydrogens (primary N) is 1. The first-order valence-electron chi connectivity index (χ1n) is 7.66. The lowest BCUT2D eigenvalue weighted by molar-refractivity contribution is 0.869. The van der Waals surface area contributed by atoms with Crippen LogP contribution in [-0.4, -0.2) is 26.0 Å². The molecule has 0 bridgehead atoms. The smallest absolute Gasteiger partial charge is 0.232 e. The second kappa shape index (κ2) is 6.91. The van der Waals surface area contributed by atoms with Gasteiger partial charge in [0, 0.05) is 35.4 Å². The molecule has 4 N–H and O–H groups in total. The van der Waals surface area contributed by atoms with E-state index in [0.29, 0.717) is 23.4 Å². The van der Waals surface area contributed by atoms with Crippen molar-refractivity contribution in [2.24, 2.45) is 0 Å². The van der Waals surface area contributed by atoms with Crippen LogP contribution in [0.25, 0.3) is 11.4 Å². The lowest BCUT2D eigenvalue weighted by atomic mass is 10.2. The molecule has 0 unspecified atom stereocenters. The molecule has 24 heavy (non-hydrogen) atoms. The average molecular weight is 321 g/mol. The average Bonchev–Trinajstić information content (AvgIpc) is 2.55. The van der Waals surface area contributed by atoms with Crippen LogP contribution in [0, 0.1) is 0 Å². The summed E-state index contributed by atoms with van der Waals surface area (Å²) < 4.78 is 0. The molecule has 0 aliphatic carbocycles. The second-order valence-electron chi connectivity index (χ2n) is 5.59. The Balaban J connectivity index is 2.00. The molecule has 1 aromatic carbocycles. The number of rotatable bonds is 5. The topological polar surface area (TPSA) is 102 Å². The molecule has 0 fully saturated rings. The number of hydrogen-bond donors (Lipinski definition) is 3. The fourth-order valence-corrected chi connectivity index (χ4v) is 2.13. The first kappa shape index (κ1) is 15.7. The summed E-state index contributed by atoms with van der Waals surface area (Å²) in [5.74, 6) is 1.52. The van der Waals surface area contributed by atoms with Gasteiger partial charge in [0.05, 0.1) is 0 Å². The molecule has 0 aliphatic heterocycles. The maximum absolute atomic E-state index is 5.87. The highest BCUT2D eigenvalue weighted by Crippen LogP contribution is 2.21. The molecule has 0 saturated carbocycles. The molecule has 2 heterocycles. The normalized spacial score (nSPS) is 10.6. The third-order valence-corrected chi connectivity index (χ3v) is 3.13. The highest BCUT2D eigenvalue weighted by atomic mass is 15.2. The molecule has 3 rings (SSSR count). The summed E-state index contributed by atoms with van der Waals surface area (Å²) in [4.78, 5) is 17.4. The molecule has 0 radical (unpaired) electrons. The van der Waals surface area contributed by atoms with Crippen LogP contribution < -0.4 is 16.4 Å². The number of anilines is 4. The number of nitrogen functional groups attached to an aromatic ring is 1. The molecule has 0 spiro atoms. The van der Waals surface area contributed by atoms with Crippen molar-refractivity contribution in [1.29, 1.82) is 0 Å². The number of nitrogens with zero attached hydrogens (tertiary/aromatic N) is 4.